The number of nitrogens with one attached hydrogen (secondary N) is 4. The molecular weight excluding hydrogens is 404 g/mol. The molecule has 156 valence electrons. The Hall–Kier alpha value is -3.43. The quantitative estimate of drug-likeness (QED) is 0.295. The van der Waals surface area contributed by atoms with Crippen molar-refractivity contribution in [3.8, 4) is 0 Å². The number of aromatic amines is 2. The first-order chi connectivity index (χ1) is 14.6. The summed E-state index contributed by atoms with van der Waals surface area (Å²) in [4.78, 5) is 8.48. The lowest BCUT2D eigenvalue weighted by Crippen LogP contribution is -1.96. The van der Waals surface area contributed by atoms with Crippen molar-refractivity contribution in [2.24, 2.45) is 0 Å². The normalized spacial score (nSPS) is 10.3. The third kappa shape index (κ3) is 6.29. The number of aliphatic hydroxyl groups is 1. The van der Waals surface area contributed by atoms with E-state index in [9.17, 15) is 0 Å². The molecule has 0 saturated heterocycles. The first kappa shape index (κ1) is 21.3. The molecule has 0 aliphatic rings. The zero-order valence-electron chi connectivity index (χ0n) is 16.6. The van der Waals surface area contributed by atoms with Crippen molar-refractivity contribution >= 4 is 34.9 Å². The summed E-state index contributed by atoms with van der Waals surface area (Å²) in [5.41, 5.74) is 3.46. The Bertz CT molecular complexity index is 992. The maximum Gasteiger partial charge on any atom is 0.153 e. The lowest BCUT2D eigenvalue weighted by atomic mass is 10.3. The van der Waals surface area contributed by atoms with Crippen LogP contribution in [-0.2, 0) is 12.5 Å². The highest BCUT2D eigenvalue weighted by Gasteiger charge is 2.01. The Morgan fingerprint density at radius 1 is 0.800 bits per heavy atom. The fraction of sp³-hybridized carbons (Fsp3) is 0.200. The molecule has 4 rings (SSSR count). The molecular formula is C20H23ClN8O. The molecule has 0 aliphatic heterocycles. The smallest absolute Gasteiger partial charge is 0.153 e. The molecule has 30 heavy (non-hydrogen) atoms. The minimum absolute atomic E-state index is 0.0604. The Kier molecular flexibility index (Phi) is 7.36. The van der Waals surface area contributed by atoms with Crippen molar-refractivity contribution in [2.45, 2.75) is 26.3 Å². The maximum absolute atomic E-state index is 8.92. The number of hydrogen-bond acceptors (Lipinski definition) is 7. The third-order valence-corrected chi connectivity index (χ3v) is 4.11. The van der Waals surface area contributed by atoms with Gasteiger partial charge in [-0.2, -0.15) is 10.2 Å². The van der Waals surface area contributed by atoms with Gasteiger partial charge in [-0.15, -0.1) is 11.6 Å². The average molecular weight is 427 g/mol. The number of halogens is 1. The van der Waals surface area contributed by atoms with Crippen LogP contribution in [0.3, 0.4) is 0 Å². The number of aliphatic hydroxyl groups excluding tert-OH is 1. The fourth-order valence-corrected chi connectivity index (χ4v) is 2.64. The summed E-state index contributed by atoms with van der Waals surface area (Å²) in [7, 11) is 0. The highest BCUT2D eigenvalue weighted by atomic mass is 35.5. The lowest BCUT2D eigenvalue weighted by Gasteiger charge is -2.02. The zero-order chi connectivity index (χ0) is 21.3. The number of aryl methyl sites for hydroxylation is 2. The van der Waals surface area contributed by atoms with Gasteiger partial charge >= 0.3 is 0 Å². The summed E-state index contributed by atoms with van der Waals surface area (Å²) in [5.74, 6) is 3.31. The summed E-state index contributed by atoms with van der Waals surface area (Å²) in [6.07, 6.45) is 0. The van der Waals surface area contributed by atoms with Crippen LogP contribution < -0.4 is 10.6 Å². The average Bonchev–Trinajstić information content (AvgIpc) is 3.36. The molecule has 4 aromatic rings. The number of rotatable bonds is 6. The molecule has 0 unspecified atom stereocenters. The summed E-state index contributed by atoms with van der Waals surface area (Å²) < 4.78 is 0. The van der Waals surface area contributed by atoms with Crippen molar-refractivity contribution in [3.63, 3.8) is 0 Å². The van der Waals surface area contributed by atoms with E-state index >= 15 is 0 Å². The number of alkyl halides is 1. The Morgan fingerprint density at radius 2 is 1.30 bits per heavy atom. The van der Waals surface area contributed by atoms with E-state index in [0.29, 0.717) is 17.4 Å². The molecule has 0 saturated carbocycles. The van der Waals surface area contributed by atoms with E-state index in [0.717, 1.165) is 34.5 Å². The van der Waals surface area contributed by atoms with Gasteiger partial charge in [0.15, 0.2) is 11.6 Å². The van der Waals surface area contributed by atoms with E-state index in [2.05, 4.69) is 41.0 Å². The molecule has 0 atom stereocenters. The summed E-state index contributed by atoms with van der Waals surface area (Å²) in [5, 5.41) is 28.8. The molecule has 0 amide bonds. The van der Waals surface area contributed by atoms with E-state index in [1.54, 1.807) is 6.07 Å². The van der Waals surface area contributed by atoms with E-state index in [1.165, 1.54) is 0 Å². The fourth-order valence-electron chi connectivity index (χ4n) is 2.49. The van der Waals surface area contributed by atoms with Crippen LogP contribution in [0.4, 0.5) is 23.3 Å². The monoisotopic (exact) mass is 426 g/mol. The molecule has 9 nitrogen and oxygen atoms in total. The van der Waals surface area contributed by atoms with Gasteiger partial charge in [0, 0.05) is 23.5 Å². The van der Waals surface area contributed by atoms with Gasteiger partial charge in [0.25, 0.3) is 0 Å². The highest BCUT2D eigenvalue weighted by Crippen LogP contribution is 2.14. The van der Waals surface area contributed by atoms with Crippen LogP contribution in [0.15, 0.2) is 48.5 Å². The minimum atomic E-state index is -0.0604. The molecule has 10 heteroatoms. The van der Waals surface area contributed by atoms with E-state index < -0.39 is 0 Å². The zero-order valence-corrected chi connectivity index (χ0v) is 17.4. The Balaban J connectivity index is 0.000000171. The van der Waals surface area contributed by atoms with Gasteiger partial charge in [-0.05, 0) is 38.1 Å². The van der Waals surface area contributed by atoms with E-state index in [4.69, 9.17) is 16.7 Å². The molecule has 5 N–H and O–H groups in total. The van der Waals surface area contributed by atoms with Crippen molar-refractivity contribution in [1.29, 1.82) is 0 Å². The van der Waals surface area contributed by atoms with Crippen LogP contribution in [0, 0.1) is 13.8 Å². The second-order valence-electron chi connectivity index (χ2n) is 6.44. The van der Waals surface area contributed by atoms with Crippen LogP contribution in [-0.4, -0.2) is 35.5 Å². The third-order valence-electron chi connectivity index (χ3n) is 3.84. The standard InChI is InChI=1S/C10H11ClN4.C10H12N4O/c1-7-5-10(15-14-7)13-9-4-2-3-8(6-11)12-9;1-7-5-10(14-13-7)12-9-4-2-3-8(6-15)11-9/h2-5H,6H2,1H3,(H2,12,13,14,15);2-5,15H,6H2,1H3,(H2,11,12,13,14). The van der Waals surface area contributed by atoms with Crippen LogP contribution in [0.1, 0.15) is 22.8 Å². The number of anilines is 4. The first-order valence-electron chi connectivity index (χ1n) is 9.22. The number of nitrogens with zero attached hydrogens (tertiary/aromatic N) is 4. The van der Waals surface area contributed by atoms with Crippen molar-refractivity contribution < 1.29 is 5.11 Å². The summed E-state index contributed by atoms with van der Waals surface area (Å²) in [6.45, 7) is 3.81. The summed E-state index contributed by atoms with van der Waals surface area (Å²) in [6, 6.07) is 14.9. The van der Waals surface area contributed by atoms with Gasteiger partial charge < -0.3 is 15.7 Å². The minimum Gasteiger partial charge on any atom is -0.390 e. The topological polar surface area (TPSA) is 127 Å². The highest BCUT2D eigenvalue weighted by molar-refractivity contribution is 6.16. The Labute approximate surface area is 178 Å². The molecule has 0 aliphatic carbocycles. The maximum atomic E-state index is 8.92. The number of H-pyrrole nitrogens is 2. The molecule has 0 spiro atoms. The molecule has 4 heterocycles. The predicted octanol–water partition coefficient (Wildman–Crippen LogP) is 3.94. The van der Waals surface area contributed by atoms with Crippen molar-refractivity contribution in [2.75, 3.05) is 10.6 Å². The summed E-state index contributed by atoms with van der Waals surface area (Å²) >= 11 is 5.69. The van der Waals surface area contributed by atoms with Crippen molar-refractivity contribution in [3.05, 3.63) is 71.3 Å². The largest absolute Gasteiger partial charge is 0.390 e. The van der Waals surface area contributed by atoms with Crippen LogP contribution in [0.5, 0.6) is 0 Å². The van der Waals surface area contributed by atoms with Gasteiger partial charge in [0.05, 0.1) is 23.9 Å². The van der Waals surface area contributed by atoms with Gasteiger partial charge in [-0.1, -0.05) is 12.1 Å². The molecule has 0 radical (unpaired) electrons. The SMILES string of the molecule is Cc1cc(Nc2cccc(CCl)n2)n[nH]1.Cc1cc(Nc2cccc(CO)n2)n[nH]1. The van der Waals surface area contributed by atoms with Gasteiger partial charge in [0.1, 0.15) is 11.6 Å². The van der Waals surface area contributed by atoms with E-state index in [1.807, 2.05) is 56.3 Å². The molecule has 4 aromatic heterocycles. The van der Waals surface area contributed by atoms with E-state index in [-0.39, 0.29) is 6.61 Å². The van der Waals surface area contributed by atoms with Gasteiger partial charge in [-0.3, -0.25) is 10.2 Å². The number of aromatic nitrogens is 6. The predicted molar refractivity (Wildman–Crippen MR) is 117 cm³/mol. The molecule has 0 fully saturated rings. The second-order valence-corrected chi connectivity index (χ2v) is 6.71. The first-order valence-corrected chi connectivity index (χ1v) is 9.76. The number of pyridine rings is 2. The number of hydrogen-bond donors (Lipinski definition) is 5. The Morgan fingerprint density at radius 3 is 1.73 bits per heavy atom. The van der Waals surface area contributed by atoms with Crippen LogP contribution in [0.2, 0.25) is 0 Å². The molecule has 0 aromatic carbocycles. The van der Waals surface area contributed by atoms with Gasteiger partial charge in [-0.25, -0.2) is 9.97 Å². The second kappa shape index (κ2) is 10.4. The molecule has 0 bridgehead atoms. The lowest BCUT2D eigenvalue weighted by molar-refractivity contribution is 0.277. The van der Waals surface area contributed by atoms with Crippen LogP contribution in [0.25, 0.3) is 0 Å². The van der Waals surface area contributed by atoms with Crippen LogP contribution >= 0.6 is 11.6 Å². The van der Waals surface area contributed by atoms with Crippen molar-refractivity contribution in [1.82, 2.24) is 30.4 Å². The van der Waals surface area contributed by atoms with Gasteiger partial charge in [0.2, 0.25) is 0 Å².